The van der Waals surface area contributed by atoms with Crippen molar-refractivity contribution in [2.45, 2.75) is 110 Å². The third kappa shape index (κ3) is 43.0. The van der Waals surface area contributed by atoms with Gasteiger partial charge in [-0.1, -0.05) is 77.4 Å². The molecule has 2 N–H and O–H groups in total. The minimum Gasteiger partial charge on any atom is -1.00 e. The van der Waals surface area contributed by atoms with Crippen molar-refractivity contribution in [3.63, 3.8) is 0 Å². The van der Waals surface area contributed by atoms with E-state index in [4.69, 9.17) is 22.3 Å². The Bertz CT molecular complexity index is 464. The SMILES string of the molecule is CCCCCCCC/C=C\CCCCCCCC(=O)OCCC.O=S(=O)(O)O.[H-].[Na+]. The smallest absolute Gasteiger partial charge is 1.00 e. The van der Waals surface area contributed by atoms with Crippen molar-refractivity contribution in [2.75, 3.05) is 6.61 Å². The molecule has 0 atom stereocenters. The van der Waals surface area contributed by atoms with Gasteiger partial charge in [-0.05, 0) is 38.5 Å². The topological polar surface area (TPSA) is 101 Å². The molecule has 0 rings (SSSR count). The summed E-state index contributed by atoms with van der Waals surface area (Å²) in [5.74, 6) is -0.0236. The molecule has 0 aliphatic rings. The zero-order chi connectivity index (χ0) is 21.5. The summed E-state index contributed by atoms with van der Waals surface area (Å²) in [5.41, 5.74) is 0. The molecular formula is C21H43NaO6S. The predicted octanol–water partition coefficient (Wildman–Crippen LogP) is 3.44. The first-order chi connectivity index (χ1) is 13.3. The van der Waals surface area contributed by atoms with Crippen molar-refractivity contribution in [3.8, 4) is 0 Å². The van der Waals surface area contributed by atoms with Crippen molar-refractivity contribution < 1.29 is 58.0 Å². The fourth-order valence-corrected chi connectivity index (χ4v) is 2.63. The average Bonchev–Trinajstić information content (AvgIpc) is 2.61. The largest absolute Gasteiger partial charge is 1.00 e. The van der Waals surface area contributed by atoms with Gasteiger partial charge in [0.25, 0.3) is 0 Å². The number of esters is 1. The summed E-state index contributed by atoms with van der Waals surface area (Å²) >= 11 is 0. The predicted molar refractivity (Wildman–Crippen MR) is 116 cm³/mol. The number of carbonyl (C=O) groups excluding carboxylic acids is 1. The van der Waals surface area contributed by atoms with Crippen LogP contribution in [0.25, 0.3) is 0 Å². The van der Waals surface area contributed by atoms with Gasteiger partial charge in [-0.2, -0.15) is 8.42 Å². The third-order valence-electron chi connectivity index (χ3n) is 4.11. The molecule has 0 bridgehead atoms. The van der Waals surface area contributed by atoms with E-state index in [0.717, 1.165) is 19.3 Å². The normalized spacial score (nSPS) is 10.9. The van der Waals surface area contributed by atoms with E-state index < -0.39 is 10.4 Å². The van der Waals surface area contributed by atoms with E-state index >= 15 is 0 Å². The molecule has 0 saturated heterocycles. The van der Waals surface area contributed by atoms with Crippen LogP contribution in [0, 0.1) is 0 Å². The molecule has 29 heavy (non-hydrogen) atoms. The number of carbonyl (C=O) groups is 1. The molecule has 0 unspecified atom stereocenters. The molecule has 0 radical (unpaired) electrons. The Balaban J connectivity index is -0.000000429. The number of hydrogen-bond acceptors (Lipinski definition) is 4. The van der Waals surface area contributed by atoms with Crippen LogP contribution >= 0.6 is 0 Å². The first-order valence-corrected chi connectivity index (χ1v) is 12.2. The van der Waals surface area contributed by atoms with Crippen LogP contribution in [-0.4, -0.2) is 30.1 Å². The average molecular weight is 447 g/mol. The monoisotopic (exact) mass is 446 g/mol. The Morgan fingerprint density at radius 1 is 0.793 bits per heavy atom. The maximum atomic E-state index is 11.3. The molecule has 0 aromatic rings. The quantitative estimate of drug-likeness (QED) is 0.117. The second kappa shape index (κ2) is 26.1. The number of allylic oxidation sites excluding steroid dienone is 2. The molecule has 0 amide bonds. The van der Waals surface area contributed by atoms with Gasteiger partial charge in [0.1, 0.15) is 0 Å². The van der Waals surface area contributed by atoms with Gasteiger partial charge in [-0.3, -0.25) is 13.9 Å². The van der Waals surface area contributed by atoms with E-state index in [1.165, 1.54) is 70.6 Å². The Kier molecular flexibility index (Phi) is 30.4. The van der Waals surface area contributed by atoms with Crippen molar-refractivity contribution in [1.82, 2.24) is 0 Å². The maximum Gasteiger partial charge on any atom is 1.00 e. The van der Waals surface area contributed by atoms with Gasteiger partial charge in [-0.25, -0.2) is 0 Å². The van der Waals surface area contributed by atoms with E-state index in [2.05, 4.69) is 19.1 Å². The fourth-order valence-electron chi connectivity index (χ4n) is 2.63. The molecule has 6 nitrogen and oxygen atoms in total. The molecule has 0 aromatic carbocycles. The standard InChI is InChI=1S/C21H40O2.Na.H2O4S.H/c1-3-5-6-7-8-9-10-11-12-13-14-15-16-17-18-19-21(22)23-20-4-2;;1-5(2,3)4;/h11-12H,3-10,13-20H2,1-2H3;;(H2,1,2,3,4);/q;+1;;-1/b12-11-;;;. The van der Waals surface area contributed by atoms with Gasteiger partial charge in [-0.15, -0.1) is 0 Å². The summed E-state index contributed by atoms with van der Waals surface area (Å²) < 4.78 is 36.6. The van der Waals surface area contributed by atoms with Crippen LogP contribution in [0.2, 0.25) is 0 Å². The number of unbranched alkanes of at least 4 members (excludes halogenated alkanes) is 11. The number of rotatable bonds is 17. The molecule has 0 heterocycles. The van der Waals surface area contributed by atoms with Crippen molar-refractivity contribution in [3.05, 3.63) is 12.2 Å². The van der Waals surface area contributed by atoms with E-state index in [-0.39, 0.29) is 37.0 Å². The fraction of sp³-hybridized carbons (Fsp3) is 0.857. The minimum absolute atomic E-state index is 0. The van der Waals surface area contributed by atoms with Gasteiger partial charge < -0.3 is 6.16 Å². The molecule has 0 aliphatic carbocycles. The molecular weight excluding hydrogens is 403 g/mol. The first kappa shape index (κ1) is 33.7. The van der Waals surface area contributed by atoms with Gasteiger partial charge in [0.05, 0.1) is 6.61 Å². The first-order valence-electron chi connectivity index (χ1n) is 10.8. The minimum atomic E-state index is -4.67. The Labute approximate surface area is 202 Å². The van der Waals surface area contributed by atoms with Crippen LogP contribution in [0.1, 0.15) is 112 Å². The van der Waals surface area contributed by atoms with Crippen molar-refractivity contribution >= 4 is 16.4 Å². The van der Waals surface area contributed by atoms with Crippen LogP contribution in [0.5, 0.6) is 0 Å². The molecule has 0 aromatic heterocycles. The van der Waals surface area contributed by atoms with Gasteiger partial charge in [0.15, 0.2) is 0 Å². The van der Waals surface area contributed by atoms with Gasteiger partial charge in [0.2, 0.25) is 0 Å². The van der Waals surface area contributed by atoms with Crippen molar-refractivity contribution in [2.24, 2.45) is 0 Å². The van der Waals surface area contributed by atoms with Crippen LogP contribution < -0.4 is 29.6 Å². The van der Waals surface area contributed by atoms with E-state index in [9.17, 15) is 4.79 Å². The summed E-state index contributed by atoms with van der Waals surface area (Å²) in [6.45, 7) is 4.86. The number of hydrogen-bond donors (Lipinski definition) is 2. The van der Waals surface area contributed by atoms with Crippen LogP contribution in [0.3, 0.4) is 0 Å². The zero-order valence-corrected chi connectivity index (χ0v) is 21.7. The van der Waals surface area contributed by atoms with Gasteiger partial charge in [0, 0.05) is 6.42 Å². The van der Waals surface area contributed by atoms with E-state index in [0.29, 0.717) is 13.0 Å². The molecule has 0 spiro atoms. The summed E-state index contributed by atoms with van der Waals surface area (Å²) in [4.78, 5) is 11.3. The summed E-state index contributed by atoms with van der Waals surface area (Å²) in [6.07, 6.45) is 23.0. The van der Waals surface area contributed by atoms with Crippen LogP contribution in [-0.2, 0) is 19.9 Å². The Morgan fingerprint density at radius 2 is 1.21 bits per heavy atom. The van der Waals surface area contributed by atoms with E-state index in [1.54, 1.807) is 0 Å². The molecule has 0 saturated carbocycles. The summed E-state index contributed by atoms with van der Waals surface area (Å²) in [5, 5.41) is 0. The summed E-state index contributed by atoms with van der Waals surface area (Å²) in [7, 11) is -4.67. The molecule has 0 aliphatic heterocycles. The Hall–Kier alpha value is 0.0800. The zero-order valence-electron chi connectivity index (χ0n) is 19.9. The maximum absolute atomic E-state index is 11.3. The van der Waals surface area contributed by atoms with Gasteiger partial charge >= 0.3 is 45.9 Å². The van der Waals surface area contributed by atoms with Crippen LogP contribution in [0.15, 0.2) is 12.2 Å². The molecule has 0 fully saturated rings. The second-order valence-corrected chi connectivity index (χ2v) is 7.90. The third-order valence-corrected chi connectivity index (χ3v) is 4.11. The van der Waals surface area contributed by atoms with E-state index in [1.807, 2.05) is 6.92 Å². The van der Waals surface area contributed by atoms with Crippen LogP contribution in [0.4, 0.5) is 0 Å². The second-order valence-electron chi connectivity index (χ2n) is 7.00. The summed E-state index contributed by atoms with van der Waals surface area (Å²) in [6, 6.07) is 0. The Morgan fingerprint density at radius 3 is 1.66 bits per heavy atom. The number of ether oxygens (including phenoxy) is 1. The molecule has 170 valence electrons. The molecule has 8 heteroatoms. The van der Waals surface area contributed by atoms with Crippen molar-refractivity contribution in [1.29, 1.82) is 0 Å².